The fourth-order valence-electron chi connectivity index (χ4n) is 4.69. The summed E-state index contributed by atoms with van der Waals surface area (Å²) in [7, 11) is -3.80. The summed E-state index contributed by atoms with van der Waals surface area (Å²) < 4.78 is 30.4. The van der Waals surface area contributed by atoms with Crippen molar-refractivity contribution in [1.82, 2.24) is 14.5 Å². The van der Waals surface area contributed by atoms with E-state index in [-0.39, 0.29) is 22.5 Å². The normalized spacial score (nSPS) is 14.5. The first-order valence-electron chi connectivity index (χ1n) is 11.2. The highest BCUT2D eigenvalue weighted by atomic mass is 32.2. The number of hydrogen-bond donors (Lipinski definition) is 2. The number of aryl methyl sites for hydroxylation is 1. The minimum Gasteiger partial charge on any atom is -0.383 e. The Bertz CT molecular complexity index is 1500. The number of aromatic nitrogens is 3. The topological polar surface area (TPSA) is 120 Å². The fourth-order valence-corrected chi connectivity index (χ4v) is 5.99. The van der Waals surface area contributed by atoms with Crippen molar-refractivity contribution in [2.45, 2.75) is 43.5 Å². The van der Waals surface area contributed by atoms with Crippen LogP contribution in [0.4, 0.5) is 11.5 Å². The molecule has 2 aromatic carbocycles. The zero-order chi connectivity index (χ0) is 23.9. The van der Waals surface area contributed by atoms with E-state index in [0.29, 0.717) is 33.4 Å². The molecule has 3 N–H and O–H groups in total. The molecular weight excluding hydrogens is 450 g/mol. The molecule has 0 atom stereocenters. The molecule has 0 unspecified atom stereocenters. The number of anilines is 2. The fraction of sp³-hybridized carbons (Fsp3) is 0.240. The molecule has 2 heterocycles. The summed E-state index contributed by atoms with van der Waals surface area (Å²) in [6.45, 7) is 1.74. The summed E-state index contributed by atoms with van der Waals surface area (Å²) in [5, 5.41) is 0.533. The van der Waals surface area contributed by atoms with Crippen LogP contribution in [0, 0.1) is 6.92 Å². The van der Waals surface area contributed by atoms with Crippen molar-refractivity contribution < 1.29 is 13.2 Å². The average Bonchev–Trinajstić information content (AvgIpc) is 3.47. The van der Waals surface area contributed by atoms with Crippen LogP contribution in [0.25, 0.3) is 11.0 Å². The molecule has 9 heteroatoms. The first kappa shape index (κ1) is 22.1. The molecule has 0 radical (unpaired) electrons. The summed E-state index contributed by atoms with van der Waals surface area (Å²) in [5.74, 6) is -0.0123. The lowest BCUT2D eigenvalue weighted by Crippen LogP contribution is -2.14. The number of nitrogens with zero attached hydrogens (tertiary/aromatic N) is 3. The first-order valence-corrected chi connectivity index (χ1v) is 12.7. The summed E-state index contributed by atoms with van der Waals surface area (Å²) in [5.41, 5.74) is 8.52. The van der Waals surface area contributed by atoms with E-state index >= 15 is 0 Å². The van der Waals surface area contributed by atoms with Crippen molar-refractivity contribution in [2.24, 2.45) is 0 Å². The maximum absolute atomic E-state index is 13.6. The largest absolute Gasteiger partial charge is 0.383 e. The minimum atomic E-state index is -3.80. The number of carbonyl (C=O) groups excluding carboxylic acids is 1. The van der Waals surface area contributed by atoms with Gasteiger partial charge >= 0.3 is 0 Å². The predicted molar refractivity (Wildman–Crippen MR) is 131 cm³/mol. The molecule has 1 fully saturated rings. The first-order chi connectivity index (χ1) is 16.3. The lowest BCUT2D eigenvalue weighted by Gasteiger charge is -2.12. The third-order valence-corrected chi connectivity index (χ3v) is 7.90. The molecule has 1 aliphatic rings. The second-order valence-corrected chi connectivity index (χ2v) is 10.3. The van der Waals surface area contributed by atoms with Gasteiger partial charge in [0.05, 0.1) is 15.8 Å². The van der Waals surface area contributed by atoms with Crippen molar-refractivity contribution in [3.05, 3.63) is 77.7 Å². The number of carbonyl (C=O) groups is 1. The van der Waals surface area contributed by atoms with Gasteiger partial charge in [0, 0.05) is 23.5 Å². The number of fused-ring (bicyclic) bond motifs is 1. The Morgan fingerprint density at radius 3 is 2.62 bits per heavy atom. The number of nitrogen functional groups attached to an aromatic ring is 1. The molecule has 0 aliphatic heterocycles. The summed E-state index contributed by atoms with van der Waals surface area (Å²) in [6, 6.07) is 13.5. The van der Waals surface area contributed by atoms with E-state index in [1.807, 2.05) is 10.8 Å². The predicted octanol–water partition coefficient (Wildman–Crippen LogP) is 4.47. The smallest absolute Gasteiger partial charge is 0.262 e. The standard InChI is InChI=1S/C25H25N5O3S/c1-16-7-2-5-12-21(16)34(32,33)29-18-9-6-8-17(13-18)23(31)20-14-30(19-10-3-4-11-19)25-22(20)24(26)27-15-28-25/h2,5-9,12-15,19,29H,3-4,10-11H2,1H3,(H2,26,27,28). The monoisotopic (exact) mass is 475 g/mol. The van der Waals surface area contributed by atoms with E-state index in [1.54, 1.807) is 49.4 Å². The maximum Gasteiger partial charge on any atom is 0.262 e. The van der Waals surface area contributed by atoms with Gasteiger partial charge in [-0.25, -0.2) is 18.4 Å². The van der Waals surface area contributed by atoms with Crippen molar-refractivity contribution in [1.29, 1.82) is 0 Å². The molecule has 0 saturated heterocycles. The number of nitrogens with one attached hydrogen (secondary N) is 1. The summed E-state index contributed by atoms with van der Waals surface area (Å²) >= 11 is 0. The number of hydrogen-bond acceptors (Lipinski definition) is 6. The Hall–Kier alpha value is -3.72. The third kappa shape index (κ3) is 3.92. The van der Waals surface area contributed by atoms with Crippen LogP contribution < -0.4 is 10.5 Å². The molecule has 8 nitrogen and oxygen atoms in total. The molecule has 1 saturated carbocycles. The van der Waals surface area contributed by atoms with Crippen LogP contribution in [0.3, 0.4) is 0 Å². The van der Waals surface area contributed by atoms with Gasteiger partial charge in [-0.3, -0.25) is 9.52 Å². The number of ketones is 1. The van der Waals surface area contributed by atoms with Gasteiger partial charge < -0.3 is 10.3 Å². The van der Waals surface area contributed by atoms with Gasteiger partial charge in [-0.1, -0.05) is 43.2 Å². The summed E-state index contributed by atoms with van der Waals surface area (Å²) in [4.78, 5) is 22.3. The Labute approximate surface area is 197 Å². The quantitative estimate of drug-likeness (QED) is 0.397. The molecule has 4 aromatic rings. The van der Waals surface area contributed by atoms with Gasteiger partial charge in [-0.15, -0.1) is 0 Å². The summed E-state index contributed by atoms with van der Waals surface area (Å²) in [6.07, 6.45) is 7.56. The molecule has 0 spiro atoms. The molecule has 0 amide bonds. The second kappa shape index (κ2) is 8.57. The van der Waals surface area contributed by atoms with Gasteiger partial charge in [0.25, 0.3) is 10.0 Å². The van der Waals surface area contributed by atoms with Crippen LogP contribution in [-0.4, -0.2) is 28.7 Å². The van der Waals surface area contributed by atoms with Crippen LogP contribution in [0.5, 0.6) is 0 Å². The minimum absolute atomic E-state index is 0.191. The van der Waals surface area contributed by atoms with Gasteiger partial charge in [0.1, 0.15) is 17.8 Å². The van der Waals surface area contributed by atoms with Crippen LogP contribution in [0.15, 0.2) is 66.0 Å². The molecule has 2 aromatic heterocycles. The van der Waals surface area contributed by atoms with Crippen molar-refractivity contribution >= 4 is 38.3 Å². The molecule has 34 heavy (non-hydrogen) atoms. The maximum atomic E-state index is 13.6. The number of benzene rings is 2. The Kier molecular flexibility index (Phi) is 5.57. The Balaban J connectivity index is 1.52. The van der Waals surface area contributed by atoms with Gasteiger partial charge in [-0.05, 0) is 43.5 Å². The van der Waals surface area contributed by atoms with Crippen LogP contribution in [0.1, 0.15) is 53.2 Å². The Morgan fingerprint density at radius 1 is 1.09 bits per heavy atom. The highest BCUT2D eigenvalue weighted by Crippen LogP contribution is 2.35. The molecule has 1 aliphatic carbocycles. The highest BCUT2D eigenvalue weighted by Gasteiger charge is 2.26. The second-order valence-electron chi connectivity index (χ2n) is 8.63. The number of rotatable bonds is 6. The van der Waals surface area contributed by atoms with Crippen LogP contribution >= 0.6 is 0 Å². The van der Waals surface area contributed by atoms with E-state index in [1.165, 1.54) is 12.4 Å². The lowest BCUT2D eigenvalue weighted by molar-refractivity contribution is 0.104. The van der Waals surface area contributed by atoms with Crippen LogP contribution in [0.2, 0.25) is 0 Å². The molecule has 0 bridgehead atoms. The van der Waals surface area contributed by atoms with E-state index < -0.39 is 10.0 Å². The zero-order valence-electron chi connectivity index (χ0n) is 18.7. The van der Waals surface area contributed by atoms with E-state index in [2.05, 4.69) is 14.7 Å². The van der Waals surface area contributed by atoms with Crippen molar-refractivity contribution in [2.75, 3.05) is 10.5 Å². The van der Waals surface area contributed by atoms with Crippen molar-refractivity contribution in [3.8, 4) is 0 Å². The molecule has 5 rings (SSSR count). The van der Waals surface area contributed by atoms with E-state index in [9.17, 15) is 13.2 Å². The molecular formula is C25H25N5O3S. The Morgan fingerprint density at radius 2 is 1.85 bits per heavy atom. The van der Waals surface area contributed by atoms with Gasteiger partial charge in [0.2, 0.25) is 0 Å². The number of sulfonamides is 1. The highest BCUT2D eigenvalue weighted by molar-refractivity contribution is 7.92. The average molecular weight is 476 g/mol. The van der Waals surface area contributed by atoms with Crippen LogP contribution in [-0.2, 0) is 10.0 Å². The van der Waals surface area contributed by atoms with E-state index in [4.69, 9.17) is 5.73 Å². The lowest BCUT2D eigenvalue weighted by atomic mass is 10.0. The van der Waals surface area contributed by atoms with Gasteiger partial charge in [0.15, 0.2) is 5.78 Å². The third-order valence-electron chi connectivity index (χ3n) is 6.36. The number of nitrogens with two attached hydrogens (primary N) is 1. The molecule has 174 valence electrons. The SMILES string of the molecule is Cc1ccccc1S(=O)(=O)Nc1cccc(C(=O)c2cn(C3CCCC3)c3ncnc(N)c23)c1. The van der Waals surface area contributed by atoms with Gasteiger partial charge in [-0.2, -0.15) is 0 Å². The van der Waals surface area contributed by atoms with E-state index in [0.717, 1.165) is 25.7 Å². The van der Waals surface area contributed by atoms with Crippen molar-refractivity contribution in [3.63, 3.8) is 0 Å². The zero-order valence-corrected chi connectivity index (χ0v) is 19.5.